The molecule has 182 valence electrons. The second-order valence-electron chi connectivity index (χ2n) is 9.11. The minimum absolute atomic E-state index is 0.340. The minimum atomic E-state index is 0.340. The zero-order valence-corrected chi connectivity index (χ0v) is 20.4. The Morgan fingerprint density at radius 2 is 1.68 bits per heavy atom. The Morgan fingerprint density at radius 1 is 0.919 bits per heavy atom. The molecule has 0 radical (unpaired) electrons. The highest BCUT2D eigenvalue weighted by atomic mass is 15.3. The van der Waals surface area contributed by atoms with Crippen molar-refractivity contribution in [3.8, 4) is 39.8 Å². The van der Waals surface area contributed by atoms with Crippen molar-refractivity contribution in [3.05, 3.63) is 78.8 Å². The van der Waals surface area contributed by atoms with Gasteiger partial charge < -0.3 is 15.5 Å². The molecule has 1 aliphatic heterocycles. The van der Waals surface area contributed by atoms with Crippen molar-refractivity contribution in [2.75, 3.05) is 43.9 Å². The van der Waals surface area contributed by atoms with Crippen LogP contribution in [0, 0.1) is 11.3 Å². The minimum Gasteiger partial charge on any atom is -0.382 e. The van der Waals surface area contributed by atoms with Crippen LogP contribution in [0.5, 0.6) is 0 Å². The van der Waals surface area contributed by atoms with Crippen LogP contribution in [-0.2, 0) is 0 Å². The van der Waals surface area contributed by atoms with Gasteiger partial charge in [0.2, 0.25) is 0 Å². The molecule has 0 atom stereocenters. The van der Waals surface area contributed by atoms with Gasteiger partial charge in [0.1, 0.15) is 22.8 Å². The molecule has 0 unspecified atom stereocenters. The summed E-state index contributed by atoms with van der Waals surface area (Å²) in [5.41, 5.74) is 12.3. The number of hydrogen-bond acceptors (Lipinski definition) is 8. The lowest BCUT2D eigenvalue weighted by molar-refractivity contribution is 0.312. The number of piperazine rings is 1. The fraction of sp³-hybridized carbons (Fsp3) is 0.179. The highest BCUT2D eigenvalue weighted by Crippen LogP contribution is 2.36. The van der Waals surface area contributed by atoms with Crippen LogP contribution in [-0.4, -0.2) is 62.7 Å². The standard InChI is InChI=1S/C28H25N9/c1-35-12-14-36(15-13-35)25-16-20(8-11-32-25)23-17-24-28(30)33-26(22-5-3-2-4-21(22)18-29)27(37(24)34-23)19-6-9-31-10-7-19/h2-11,16-17H,12-15H2,1H3,(H2,30,33). The summed E-state index contributed by atoms with van der Waals surface area (Å²) in [6, 6.07) is 19.5. The molecule has 5 aromatic rings. The summed E-state index contributed by atoms with van der Waals surface area (Å²) >= 11 is 0. The van der Waals surface area contributed by atoms with E-state index < -0.39 is 0 Å². The number of rotatable bonds is 4. The monoisotopic (exact) mass is 487 g/mol. The van der Waals surface area contributed by atoms with Crippen LogP contribution in [0.2, 0.25) is 0 Å². The molecule has 1 saturated heterocycles. The summed E-state index contributed by atoms with van der Waals surface area (Å²) in [4.78, 5) is 18.2. The number of benzene rings is 1. The second kappa shape index (κ2) is 9.33. The average Bonchev–Trinajstić information content (AvgIpc) is 3.40. The molecule has 0 spiro atoms. The Morgan fingerprint density at radius 3 is 2.46 bits per heavy atom. The van der Waals surface area contributed by atoms with Gasteiger partial charge in [0.15, 0.2) is 0 Å². The molecule has 1 aromatic carbocycles. The van der Waals surface area contributed by atoms with Crippen LogP contribution in [0.4, 0.5) is 11.6 Å². The Labute approximate surface area is 214 Å². The van der Waals surface area contributed by atoms with E-state index in [0.717, 1.165) is 54.5 Å². The first-order chi connectivity index (χ1) is 18.1. The number of nitrogens with two attached hydrogens (primary N) is 1. The van der Waals surface area contributed by atoms with Crippen molar-refractivity contribution < 1.29 is 0 Å². The van der Waals surface area contributed by atoms with E-state index in [1.807, 2.05) is 53.2 Å². The quantitative estimate of drug-likeness (QED) is 0.408. The third kappa shape index (κ3) is 4.13. The zero-order chi connectivity index (χ0) is 25.4. The SMILES string of the molecule is CN1CCN(c2cc(-c3cc4c(N)nc(-c5ccccc5C#N)c(-c5ccncc5)n4n3)ccn2)CC1. The van der Waals surface area contributed by atoms with Gasteiger partial charge in [-0.3, -0.25) is 4.98 Å². The summed E-state index contributed by atoms with van der Waals surface area (Å²) < 4.78 is 1.83. The summed E-state index contributed by atoms with van der Waals surface area (Å²) in [7, 11) is 2.14. The molecule has 5 heterocycles. The number of aromatic nitrogens is 5. The van der Waals surface area contributed by atoms with Gasteiger partial charge in [0.25, 0.3) is 0 Å². The summed E-state index contributed by atoms with van der Waals surface area (Å²) in [6.07, 6.45) is 5.28. The topological polar surface area (TPSA) is 112 Å². The third-order valence-electron chi connectivity index (χ3n) is 6.77. The molecule has 37 heavy (non-hydrogen) atoms. The fourth-order valence-corrected chi connectivity index (χ4v) is 4.74. The molecule has 0 aliphatic carbocycles. The predicted molar refractivity (Wildman–Crippen MR) is 144 cm³/mol. The van der Waals surface area contributed by atoms with Crippen molar-refractivity contribution in [1.29, 1.82) is 5.26 Å². The molecule has 9 nitrogen and oxygen atoms in total. The Kier molecular flexibility index (Phi) is 5.71. The molecule has 9 heteroatoms. The van der Waals surface area contributed by atoms with Crippen LogP contribution in [0.25, 0.3) is 39.3 Å². The molecule has 4 aromatic heterocycles. The molecular formula is C28H25N9. The maximum Gasteiger partial charge on any atom is 0.150 e. The van der Waals surface area contributed by atoms with E-state index in [1.165, 1.54) is 0 Å². The smallest absolute Gasteiger partial charge is 0.150 e. The first-order valence-corrected chi connectivity index (χ1v) is 12.1. The van der Waals surface area contributed by atoms with Crippen LogP contribution in [0.1, 0.15) is 5.56 Å². The Balaban J connectivity index is 1.54. The lowest BCUT2D eigenvalue weighted by atomic mass is 10.0. The highest BCUT2D eigenvalue weighted by Gasteiger charge is 2.21. The number of anilines is 2. The number of nitriles is 1. The van der Waals surface area contributed by atoms with E-state index in [9.17, 15) is 5.26 Å². The van der Waals surface area contributed by atoms with Gasteiger partial charge in [-0.15, -0.1) is 0 Å². The van der Waals surface area contributed by atoms with Gasteiger partial charge in [0.05, 0.1) is 23.0 Å². The predicted octanol–water partition coefficient (Wildman–Crippen LogP) is 3.73. The Bertz CT molecular complexity index is 1630. The van der Waals surface area contributed by atoms with Gasteiger partial charge in [-0.2, -0.15) is 10.4 Å². The first kappa shape index (κ1) is 22.6. The van der Waals surface area contributed by atoms with Gasteiger partial charge in [0, 0.05) is 61.5 Å². The number of pyridine rings is 2. The molecule has 2 N–H and O–H groups in total. The lowest BCUT2D eigenvalue weighted by Crippen LogP contribution is -2.44. The van der Waals surface area contributed by atoms with Gasteiger partial charge in [-0.1, -0.05) is 18.2 Å². The van der Waals surface area contributed by atoms with E-state index in [0.29, 0.717) is 28.2 Å². The van der Waals surface area contributed by atoms with E-state index >= 15 is 0 Å². The van der Waals surface area contributed by atoms with E-state index in [2.05, 4.69) is 39.0 Å². The van der Waals surface area contributed by atoms with E-state index in [1.54, 1.807) is 18.5 Å². The first-order valence-electron chi connectivity index (χ1n) is 12.1. The maximum absolute atomic E-state index is 9.77. The van der Waals surface area contributed by atoms with Crippen LogP contribution in [0.3, 0.4) is 0 Å². The van der Waals surface area contributed by atoms with Crippen LogP contribution < -0.4 is 10.6 Å². The lowest BCUT2D eigenvalue weighted by Gasteiger charge is -2.33. The van der Waals surface area contributed by atoms with Gasteiger partial charge in [-0.05, 0) is 43.4 Å². The summed E-state index contributed by atoms with van der Waals surface area (Å²) in [5.74, 6) is 1.28. The molecule has 0 saturated carbocycles. The molecular weight excluding hydrogens is 462 g/mol. The van der Waals surface area contributed by atoms with Crippen molar-refractivity contribution in [2.24, 2.45) is 0 Å². The van der Waals surface area contributed by atoms with E-state index in [-0.39, 0.29) is 0 Å². The number of nitrogen functional groups attached to an aromatic ring is 1. The van der Waals surface area contributed by atoms with Crippen LogP contribution in [0.15, 0.2) is 73.2 Å². The van der Waals surface area contributed by atoms with Crippen molar-refractivity contribution >= 4 is 17.2 Å². The van der Waals surface area contributed by atoms with Crippen LogP contribution >= 0.6 is 0 Å². The Hall–Kier alpha value is -4.81. The van der Waals surface area contributed by atoms with Gasteiger partial charge >= 0.3 is 0 Å². The summed E-state index contributed by atoms with van der Waals surface area (Å²) in [5, 5.41) is 14.8. The highest BCUT2D eigenvalue weighted by molar-refractivity contribution is 5.87. The second-order valence-corrected chi connectivity index (χ2v) is 9.11. The maximum atomic E-state index is 9.77. The number of likely N-dealkylation sites (N-methyl/N-ethyl adjacent to an activating group) is 1. The molecule has 0 bridgehead atoms. The molecule has 1 aliphatic rings. The largest absolute Gasteiger partial charge is 0.382 e. The fourth-order valence-electron chi connectivity index (χ4n) is 4.74. The molecule has 0 amide bonds. The summed E-state index contributed by atoms with van der Waals surface area (Å²) in [6.45, 7) is 3.88. The molecule has 6 rings (SSSR count). The number of nitrogens with zero attached hydrogens (tertiary/aromatic N) is 8. The van der Waals surface area contributed by atoms with Crippen molar-refractivity contribution in [3.63, 3.8) is 0 Å². The van der Waals surface area contributed by atoms with Crippen molar-refractivity contribution in [2.45, 2.75) is 0 Å². The number of hydrogen-bond donors (Lipinski definition) is 1. The zero-order valence-electron chi connectivity index (χ0n) is 20.4. The average molecular weight is 488 g/mol. The van der Waals surface area contributed by atoms with Crippen molar-refractivity contribution in [1.82, 2.24) is 29.5 Å². The van der Waals surface area contributed by atoms with Gasteiger partial charge in [-0.25, -0.2) is 14.5 Å². The normalized spacial score (nSPS) is 14.1. The van der Waals surface area contributed by atoms with E-state index in [4.69, 9.17) is 15.8 Å². The number of fused-ring (bicyclic) bond motifs is 1. The third-order valence-corrected chi connectivity index (χ3v) is 6.77. The molecule has 1 fully saturated rings.